The van der Waals surface area contributed by atoms with E-state index in [2.05, 4.69) is 10.2 Å². The first-order valence-corrected chi connectivity index (χ1v) is 6.29. The van der Waals surface area contributed by atoms with Gasteiger partial charge in [-0.05, 0) is 19.9 Å². The number of carbonyl (C=O) groups excluding carboxylic acids is 2. The van der Waals surface area contributed by atoms with Crippen LogP contribution in [0.5, 0.6) is 0 Å². The summed E-state index contributed by atoms with van der Waals surface area (Å²) in [5.74, 6) is -2.58. The fourth-order valence-corrected chi connectivity index (χ4v) is 1.53. The van der Waals surface area contributed by atoms with Crippen molar-refractivity contribution in [3.8, 4) is 0 Å². The first-order valence-electron chi connectivity index (χ1n) is 6.29. The number of ether oxygens (including phenoxy) is 2. The monoisotopic (exact) mass is 296 g/mol. The Kier molecular flexibility index (Phi) is 6.12. The van der Waals surface area contributed by atoms with E-state index in [0.29, 0.717) is 0 Å². The molecule has 0 fully saturated rings. The Morgan fingerprint density at radius 2 is 1.95 bits per heavy atom. The van der Waals surface area contributed by atoms with Gasteiger partial charge in [0.2, 0.25) is 0 Å². The predicted octanol–water partition coefficient (Wildman–Crippen LogP) is 1.01. The lowest BCUT2D eigenvalue weighted by atomic mass is 10.1. The van der Waals surface area contributed by atoms with Crippen LogP contribution in [-0.4, -0.2) is 46.4 Å². The largest absolute Gasteiger partial charge is 0.481 e. The van der Waals surface area contributed by atoms with Gasteiger partial charge in [0.15, 0.2) is 5.69 Å². The number of rotatable bonds is 7. The van der Waals surface area contributed by atoms with E-state index < -0.39 is 24.3 Å². The molecule has 21 heavy (non-hydrogen) atoms. The Morgan fingerprint density at radius 1 is 1.29 bits per heavy atom. The summed E-state index contributed by atoms with van der Waals surface area (Å²) < 4.78 is 9.61. The number of aliphatic carboxylic acids is 1. The van der Waals surface area contributed by atoms with Gasteiger partial charge in [-0.2, -0.15) is 5.10 Å². The van der Waals surface area contributed by atoms with Gasteiger partial charge in [0.1, 0.15) is 0 Å². The molecular formula is C13H16N2O6. The maximum atomic E-state index is 11.7. The average Bonchev–Trinajstić information content (AvgIpc) is 2.86. The molecule has 114 valence electrons. The van der Waals surface area contributed by atoms with Gasteiger partial charge in [-0.1, -0.05) is 0 Å². The fraction of sp³-hybridized carbons (Fsp3) is 0.385. The van der Waals surface area contributed by atoms with Crippen LogP contribution in [0.1, 0.15) is 36.3 Å². The number of esters is 2. The highest BCUT2D eigenvalue weighted by Gasteiger charge is 2.18. The molecule has 0 saturated carbocycles. The number of hydrogen-bond acceptors (Lipinski definition) is 6. The second-order valence-electron chi connectivity index (χ2n) is 3.88. The first-order chi connectivity index (χ1) is 9.99. The van der Waals surface area contributed by atoms with Gasteiger partial charge < -0.3 is 14.6 Å². The van der Waals surface area contributed by atoms with Crippen molar-refractivity contribution in [2.24, 2.45) is 0 Å². The molecule has 1 aromatic rings. The summed E-state index contributed by atoms with van der Waals surface area (Å²) in [6.45, 7) is 3.56. The highest BCUT2D eigenvalue weighted by molar-refractivity contribution is 6.00. The van der Waals surface area contributed by atoms with Crippen LogP contribution in [0.25, 0.3) is 6.08 Å². The number of H-pyrrole nitrogens is 1. The summed E-state index contributed by atoms with van der Waals surface area (Å²) in [7, 11) is 0. The summed E-state index contributed by atoms with van der Waals surface area (Å²) in [5, 5.41) is 15.0. The molecule has 1 heterocycles. The van der Waals surface area contributed by atoms with Gasteiger partial charge in [-0.25, -0.2) is 9.59 Å². The molecule has 0 bridgehead atoms. The number of aromatic amines is 1. The third-order valence-corrected chi connectivity index (χ3v) is 2.36. The van der Waals surface area contributed by atoms with Crippen molar-refractivity contribution in [1.29, 1.82) is 0 Å². The normalized spacial score (nSPS) is 11.0. The summed E-state index contributed by atoms with van der Waals surface area (Å²) in [6, 6.07) is 0. The molecule has 8 nitrogen and oxygen atoms in total. The second kappa shape index (κ2) is 7.83. The zero-order valence-electron chi connectivity index (χ0n) is 11.7. The van der Waals surface area contributed by atoms with Crippen molar-refractivity contribution in [3.63, 3.8) is 0 Å². The zero-order chi connectivity index (χ0) is 15.8. The Bertz CT molecular complexity index is 561. The molecule has 0 radical (unpaired) electrons. The second-order valence-corrected chi connectivity index (χ2v) is 3.88. The minimum Gasteiger partial charge on any atom is -0.481 e. The number of carboxylic acids is 1. The van der Waals surface area contributed by atoms with Crippen LogP contribution < -0.4 is 0 Å². The minimum absolute atomic E-state index is 0.0454. The van der Waals surface area contributed by atoms with E-state index in [1.807, 2.05) is 0 Å². The van der Waals surface area contributed by atoms with Gasteiger partial charge in [0.25, 0.3) is 0 Å². The average molecular weight is 296 g/mol. The molecule has 0 saturated heterocycles. The smallest absolute Gasteiger partial charge is 0.356 e. The molecule has 2 N–H and O–H groups in total. The third kappa shape index (κ3) is 4.75. The molecule has 0 amide bonds. The van der Waals surface area contributed by atoms with E-state index in [0.717, 1.165) is 0 Å². The van der Waals surface area contributed by atoms with Gasteiger partial charge in [0.05, 0.1) is 25.8 Å². The van der Waals surface area contributed by atoms with E-state index in [1.54, 1.807) is 13.8 Å². The van der Waals surface area contributed by atoms with Crippen LogP contribution in [0.15, 0.2) is 11.8 Å². The molecular weight excluding hydrogens is 280 g/mol. The SMILES string of the molecule is CCOC(=O)/C(=C/c1cn[nH]c1C(=O)OCC)CC(=O)O. The topological polar surface area (TPSA) is 119 Å². The molecule has 0 atom stereocenters. The number of carboxylic acid groups (broad SMARTS) is 1. The first kappa shape index (κ1) is 16.4. The maximum Gasteiger partial charge on any atom is 0.356 e. The number of nitrogens with one attached hydrogen (secondary N) is 1. The molecule has 0 spiro atoms. The van der Waals surface area contributed by atoms with E-state index >= 15 is 0 Å². The summed E-state index contributed by atoms with van der Waals surface area (Å²) >= 11 is 0. The summed E-state index contributed by atoms with van der Waals surface area (Å²) in [4.78, 5) is 34.2. The lowest BCUT2D eigenvalue weighted by Gasteiger charge is -2.05. The van der Waals surface area contributed by atoms with Crippen LogP contribution in [0, 0.1) is 0 Å². The van der Waals surface area contributed by atoms with Crippen LogP contribution in [-0.2, 0) is 19.1 Å². The van der Waals surface area contributed by atoms with Gasteiger partial charge in [0, 0.05) is 11.1 Å². The van der Waals surface area contributed by atoms with Crippen molar-refractivity contribution in [2.45, 2.75) is 20.3 Å². The molecule has 0 aliphatic rings. The molecule has 8 heteroatoms. The Morgan fingerprint density at radius 3 is 2.52 bits per heavy atom. The molecule has 1 rings (SSSR count). The Hall–Kier alpha value is -2.64. The third-order valence-electron chi connectivity index (χ3n) is 2.36. The summed E-state index contributed by atoms with van der Waals surface area (Å²) in [5.41, 5.74) is 0.220. The minimum atomic E-state index is -1.18. The van der Waals surface area contributed by atoms with Crippen molar-refractivity contribution >= 4 is 24.0 Å². The Labute approximate surface area is 120 Å². The lowest BCUT2D eigenvalue weighted by Crippen LogP contribution is -2.12. The summed E-state index contributed by atoms with van der Waals surface area (Å²) in [6.07, 6.45) is 2.03. The van der Waals surface area contributed by atoms with Crippen molar-refractivity contribution in [3.05, 3.63) is 23.0 Å². The zero-order valence-corrected chi connectivity index (χ0v) is 11.7. The van der Waals surface area contributed by atoms with Crippen LogP contribution in [0.2, 0.25) is 0 Å². The van der Waals surface area contributed by atoms with Gasteiger partial charge >= 0.3 is 17.9 Å². The van der Waals surface area contributed by atoms with Crippen LogP contribution >= 0.6 is 0 Å². The van der Waals surface area contributed by atoms with Crippen molar-refractivity contribution < 1.29 is 29.0 Å². The Balaban J connectivity index is 3.10. The quantitative estimate of drug-likeness (QED) is 0.569. The van der Waals surface area contributed by atoms with Crippen molar-refractivity contribution in [1.82, 2.24) is 10.2 Å². The van der Waals surface area contributed by atoms with E-state index in [9.17, 15) is 14.4 Å². The molecule has 0 aliphatic heterocycles. The van der Waals surface area contributed by atoms with Crippen LogP contribution in [0.4, 0.5) is 0 Å². The van der Waals surface area contributed by atoms with E-state index in [4.69, 9.17) is 14.6 Å². The number of aromatic nitrogens is 2. The molecule has 1 aromatic heterocycles. The molecule has 0 unspecified atom stereocenters. The van der Waals surface area contributed by atoms with Gasteiger partial charge in [-0.3, -0.25) is 9.89 Å². The number of hydrogen-bond donors (Lipinski definition) is 2. The van der Waals surface area contributed by atoms with E-state index in [1.165, 1.54) is 12.3 Å². The van der Waals surface area contributed by atoms with E-state index in [-0.39, 0.29) is 30.0 Å². The molecule has 0 aromatic carbocycles. The fourth-order valence-electron chi connectivity index (χ4n) is 1.53. The predicted molar refractivity (Wildman–Crippen MR) is 71.4 cm³/mol. The maximum absolute atomic E-state index is 11.7. The van der Waals surface area contributed by atoms with Crippen LogP contribution in [0.3, 0.4) is 0 Å². The highest BCUT2D eigenvalue weighted by atomic mass is 16.5. The molecule has 0 aliphatic carbocycles. The van der Waals surface area contributed by atoms with Crippen molar-refractivity contribution in [2.75, 3.05) is 13.2 Å². The lowest BCUT2D eigenvalue weighted by molar-refractivity contribution is -0.142. The number of carbonyl (C=O) groups is 3. The number of nitrogens with zero attached hydrogens (tertiary/aromatic N) is 1. The van der Waals surface area contributed by atoms with Gasteiger partial charge in [-0.15, -0.1) is 0 Å². The highest BCUT2D eigenvalue weighted by Crippen LogP contribution is 2.15. The standard InChI is InChI=1S/C13H16N2O6/c1-3-20-12(18)8(6-10(16)17)5-9-7-14-15-11(9)13(19)21-4-2/h5,7H,3-4,6H2,1-2H3,(H,14,15)(H,16,17)/b8-5+.